The van der Waals surface area contributed by atoms with Gasteiger partial charge in [0.2, 0.25) is 5.13 Å². The molecule has 0 aliphatic heterocycles. The van der Waals surface area contributed by atoms with Crippen molar-refractivity contribution in [2.45, 2.75) is 20.2 Å². The highest BCUT2D eigenvalue weighted by molar-refractivity contribution is 7.14. The molecular weight excluding hydrogens is 375 g/mol. The number of ether oxygens (including phenoxy) is 1. The van der Waals surface area contributed by atoms with Crippen LogP contribution in [0.15, 0.2) is 52.9 Å². The molecular formula is C19H16F3N3OS. The summed E-state index contributed by atoms with van der Waals surface area (Å²) in [4.78, 5) is 4.47. The molecule has 27 heavy (non-hydrogen) atoms. The molecule has 2 aromatic carbocycles. The van der Waals surface area contributed by atoms with Gasteiger partial charge in [-0.05, 0) is 31.5 Å². The summed E-state index contributed by atoms with van der Waals surface area (Å²) in [6.45, 7) is 4.05. The number of nitrogens with one attached hydrogen (secondary N) is 1. The highest BCUT2D eigenvalue weighted by atomic mass is 32.1. The van der Waals surface area contributed by atoms with Crippen molar-refractivity contribution in [3.63, 3.8) is 0 Å². The van der Waals surface area contributed by atoms with Gasteiger partial charge in [0.05, 0.1) is 11.9 Å². The fourth-order valence-electron chi connectivity index (χ4n) is 2.51. The van der Waals surface area contributed by atoms with Gasteiger partial charge in [0.25, 0.3) is 0 Å². The van der Waals surface area contributed by atoms with E-state index in [2.05, 4.69) is 26.3 Å². The van der Waals surface area contributed by atoms with Gasteiger partial charge in [0, 0.05) is 16.5 Å². The fourth-order valence-corrected chi connectivity index (χ4v) is 3.17. The third-order valence-corrected chi connectivity index (χ3v) is 4.42. The molecule has 0 saturated heterocycles. The SMILES string of the molecule is Cc1ccc(-c2csc(N/N=C/c3ccccc3OC(F)(F)F)n2)c(C)c1. The molecule has 3 rings (SSSR count). The molecule has 0 aliphatic rings. The molecule has 4 nitrogen and oxygen atoms in total. The monoisotopic (exact) mass is 391 g/mol. The zero-order chi connectivity index (χ0) is 19.4. The first kappa shape index (κ1) is 18.9. The summed E-state index contributed by atoms with van der Waals surface area (Å²) in [5.74, 6) is -0.314. The van der Waals surface area contributed by atoms with Crippen LogP contribution in [0, 0.1) is 13.8 Å². The average molecular weight is 391 g/mol. The zero-order valence-electron chi connectivity index (χ0n) is 14.5. The van der Waals surface area contributed by atoms with Gasteiger partial charge < -0.3 is 4.74 Å². The van der Waals surface area contributed by atoms with Crippen molar-refractivity contribution in [1.29, 1.82) is 0 Å². The number of benzene rings is 2. The Kier molecular flexibility index (Phi) is 5.46. The number of alkyl halides is 3. The minimum absolute atomic E-state index is 0.202. The topological polar surface area (TPSA) is 46.5 Å². The van der Waals surface area contributed by atoms with Crippen LogP contribution >= 0.6 is 11.3 Å². The van der Waals surface area contributed by atoms with Crippen LogP contribution in [0.3, 0.4) is 0 Å². The van der Waals surface area contributed by atoms with Gasteiger partial charge in [-0.15, -0.1) is 24.5 Å². The molecule has 0 atom stereocenters. The molecule has 0 unspecified atom stereocenters. The van der Waals surface area contributed by atoms with Crippen LogP contribution < -0.4 is 10.2 Å². The first-order valence-corrected chi connectivity index (χ1v) is 8.87. The second-order valence-electron chi connectivity index (χ2n) is 5.81. The Bertz CT molecular complexity index is 967. The van der Waals surface area contributed by atoms with E-state index in [1.165, 1.54) is 41.3 Å². The molecule has 8 heteroatoms. The van der Waals surface area contributed by atoms with E-state index in [1.807, 2.05) is 31.4 Å². The van der Waals surface area contributed by atoms with Crippen molar-refractivity contribution in [2.75, 3.05) is 5.43 Å². The number of para-hydroxylation sites is 1. The number of rotatable bonds is 5. The number of anilines is 1. The fraction of sp³-hybridized carbons (Fsp3) is 0.158. The van der Waals surface area contributed by atoms with Crippen LogP contribution in [0.5, 0.6) is 5.75 Å². The second kappa shape index (κ2) is 7.79. The lowest BCUT2D eigenvalue weighted by Crippen LogP contribution is -2.18. The zero-order valence-corrected chi connectivity index (χ0v) is 15.4. The quantitative estimate of drug-likeness (QED) is 0.444. The molecule has 0 spiro atoms. The van der Waals surface area contributed by atoms with Gasteiger partial charge in [-0.25, -0.2) is 4.98 Å². The Morgan fingerprint density at radius 3 is 2.67 bits per heavy atom. The Morgan fingerprint density at radius 2 is 1.93 bits per heavy atom. The van der Waals surface area contributed by atoms with E-state index in [-0.39, 0.29) is 11.3 Å². The minimum atomic E-state index is -4.76. The van der Waals surface area contributed by atoms with Gasteiger partial charge in [0.1, 0.15) is 5.75 Å². The van der Waals surface area contributed by atoms with Crippen molar-refractivity contribution in [1.82, 2.24) is 4.98 Å². The van der Waals surface area contributed by atoms with E-state index in [0.717, 1.165) is 16.8 Å². The molecule has 0 saturated carbocycles. The number of halogens is 3. The van der Waals surface area contributed by atoms with E-state index in [9.17, 15) is 13.2 Å². The molecule has 1 aromatic heterocycles. The summed E-state index contributed by atoms with van der Waals surface area (Å²) in [7, 11) is 0. The number of hydrogen-bond donors (Lipinski definition) is 1. The lowest BCUT2D eigenvalue weighted by atomic mass is 10.0. The van der Waals surface area contributed by atoms with Crippen LogP contribution in [0.25, 0.3) is 11.3 Å². The predicted octanol–water partition coefficient (Wildman–Crippen LogP) is 5.77. The van der Waals surface area contributed by atoms with E-state index >= 15 is 0 Å². The normalized spacial score (nSPS) is 11.7. The second-order valence-corrected chi connectivity index (χ2v) is 6.67. The van der Waals surface area contributed by atoms with Gasteiger partial charge in [-0.3, -0.25) is 5.43 Å². The summed E-state index contributed by atoms with van der Waals surface area (Å²) < 4.78 is 41.3. The molecule has 0 aliphatic carbocycles. The maximum atomic E-state index is 12.4. The third kappa shape index (κ3) is 5.07. The van der Waals surface area contributed by atoms with E-state index < -0.39 is 6.36 Å². The van der Waals surface area contributed by atoms with Crippen molar-refractivity contribution < 1.29 is 17.9 Å². The highest BCUT2D eigenvalue weighted by Crippen LogP contribution is 2.28. The van der Waals surface area contributed by atoms with Crippen molar-refractivity contribution in [2.24, 2.45) is 5.10 Å². The molecule has 0 bridgehead atoms. The molecule has 0 fully saturated rings. The lowest BCUT2D eigenvalue weighted by molar-refractivity contribution is -0.274. The molecule has 1 N–H and O–H groups in total. The Labute approximate surface area is 158 Å². The number of hydrogen-bond acceptors (Lipinski definition) is 5. The van der Waals surface area contributed by atoms with Gasteiger partial charge in [0.15, 0.2) is 0 Å². The van der Waals surface area contributed by atoms with Crippen molar-refractivity contribution >= 4 is 22.7 Å². The molecule has 140 valence electrons. The molecule has 0 amide bonds. The first-order valence-electron chi connectivity index (χ1n) is 7.99. The summed E-state index contributed by atoms with van der Waals surface area (Å²) in [6, 6.07) is 11.9. The van der Waals surface area contributed by atoms with Gasteiger partial charge in [-0.2, -0.15) is 5.10 Å². The number of aryl methyl sites for hydroxylation is 2. The number of thiazole rings is 1. The summed E-state index contributed by atoms with van der Waals surface area (Å²) in [5.41, 5.74) is 7.08. The lowest BCUT2D eigenvalue weighted by Gasteiger charge is -2.10. The van der Waals surface area contributed by atoms with Crippen molar-refractivity contribution in [3.05, 3.63) is 64.5 Å². The maximum Gasteiger partial charge on any atom is 0.573 e. The van der Waals surface area contributed by atoms with Gasteiger partial charge >= 0.3 is 6.36 Å². The largest absolute Gasteiger partial charge is 0.573 e. The summed E-state index contributed by atoms with van der Waals surface area (Å²) >= 11 is 1.36. The Balaban J connectivity index is 1.72. The number of hydrazone groups is 1. The average Bonchev–Trinajstić information content (AvgIpc) is 3.03. The maximum absolute atomic E-state index is 12.4. The Hall–Kier alpha value is -2.87. The predicted molar refractivity (Wildman–Crippen MR) is 101 cm³/mol. The highest BCUT2D eigenvalue weighted by Gasteiger charge is 2.31. The number of aromatic nitrogens is 1. The van der Waals surface area contributed by atoms with Crippen LogP contribution in [0.1, 0.15) is 16.7 Å². The van der Waals surface area contributed by atoms with Crippen LogP contribution in [0.2, 0.25) is 0 Å². The standard InChI is InChI=1S/C19H16F3N3OS/c1-12-7-8-15(13(2)9-12)16-11-27-18(24-16)25-23-10-14-5-3-4-6-17(14)26-19(20,21)22/h3-11H,1-2H3,(H,24,25)/b23-10+. The van der Waals surface area contributed by atoms with E-state index in [0.29, 0.717) is 5.13 Å². The summed E-state index contributed by atoms with van der Waals surface area (Å²) in [5, 5.41) is 6.41. The Morgan fingerprint density at radius 1 is 1.15 bits per heavy atom. The minimum Gasteiger partial charge on any atom is -0.405 e. The summed E-state index contributed by atoms with van der Waals surface area (Å²) in [6.07, 6.45) is -3.49. The molecule has 0 radical (unpaired) electrons. The number of nitrogens with zero attached hydrogens (tertiary/aromatic N) is 2. The third-order valence-electron chi connectivity index (χ3n) is 3.67. The van der Waals surface area contributed by atoms with E-state index in [4.69, 9.17) is 0 Å². The first-order chi connectivity index (χ1) is 12.8. The van der Waals surface area contributed by atoms with Crippen molar-refractivity contribution in [3.8, 4) is 17.0 Å². The van der Waals surface area contributed by atoms with Crippen LogP contribution in [0.4, 0.5) is 18.3 Å². The van der Waals surface area contributed by atoms with E-state index in [1.54, 1.807) is 6.07 Å². The van der Waals surface area contributed by atoms with Crippen LogP contribution in [-0.2, 0) is 0 Å². The molecule has 3 aromatic rings. The molecule has 1 heterocycles. The van der Waals surface area contributed by atoms with Gasteiger partial charge in [-0.1, -0.05) is 35.9 Å². The van der Waals surface area contributed by atoms with Crippen LogP contribution in [-0.4, -0.2) is 17.6 Å². The smallest absolute Gasteiger partial charge is 0.405 e.